The number of anilines is 2. The number of thiazole rings is 1. The van der Waals surface area contributed by atoms with E-state index in [0.717, 1.165) is 20.7 Å². The van der Waals surface area contributed by atoms with Crippen LogP contribution < -0.4 is 15.0 Å². The SMILES string of the molecule is Cc1nc(-c2ccc3c(c2)N(C(C)C(=O)Nc2ccc(Br)cc2)C(=O)C(C)O3)cs1. The zero-order valence-corrected chi connectivity index (χ0v) is 19.1. The van der Waals surface area contributed by atoms with Crippen molar-refractivity contribution in [2.75, 3.05) is 10.2 Å². The molecule has 1 aliphatic heterocycles. The molecule has 0 radical (unpaired) electrons. The molecular weight excluding hydrogens is 466 g/mol. The van der Waals surface area contributed by atoms with E-state index in [0.29, 0.717) is 17.1 Å². The normalized spacial score (nSPS) is 16.6. The number of halogens is 1. The number of nitrogens with one attached hydrogen (secondary N) is 1. The number of benzene rings is 2. The predicted octanol–water partition coefficient (Wildman–Crippen LogP) is 5.02. The number of rotatable bonds is 4. The Bertz CT molecular complexity index is 1110. The van der Waals surface area contributed by atoms with Crippen LogP contribution in [0.5, 0.6) is 5.75 Å². The fourth-order valence-corrected chi connectivity index (χ4v) is 4.20. The summed E-state index contributed by atoms with van der Waals surface area (Å²) in [5, 5.41) is 5.81. The lowest BCUT2D eigenvalue weighted by molar-refractivity contribution is -0.128. The lowest BCUT2D eigenvalue weighted by Gasteiger charge is -2.36. The zero-order valence-electron chi connectivity index (χ0n) is 16.7. The van der Waals surface area contributed by atoms with E-state index < -0.39 is 12.1 Å². The number of aromatic nitrogens is 1. The molecule has 0 spiro atoms. The van der Waals surface area contributed by atoms with Gasteiger partial charge in [-0.3, -0.25) is 14.5 Å². The molecule has 1 aromatic heterocycles. The molecule has 6 nitrogen and oxygen atoms in total. The second kappa shape index (κ2) is 8.20. The van der Waals surface area contributed by atoms with E-state index >= 15 is 0 Å². The second-order valence-corrected chi connectivity index (χ2v) is 9.05. The Kier molecular flexibility index (Phi) is 5.62. The Morgan fingerprint density at radius 1 is 1.27 bits per heavy atom. The van der Waals surface area contributed by atoms with E-state index in [1.165, 1.54) is 4.90 Å². The first kappa shape index (κ1) is 20.6. The number of hydrogen-bond donors (Lipinski definition) is 1. The van der Waals surface area contributed by atoms with E-state index in [1.807, 2.05) is 42.6 Å². The summed E-state index contributed by atoms with van der Waals surface area (Å²) in [6.45, 7) is 5.35. The highest BCUT2D eigenvalue weighted by atomic mass is 79.9. The van der Waals surface area contributed by atoms with E-state index in [2.05, 4.69) is 26.2 Å². The van der Waals surface area contributed by atoms with Gasteiger partial charge in [0.1, 0.15) is 11.8 Å². The minimum atomic E-state index is -0.723. The number of ether oxygens (including phenoxy) is 1. The molecule has 2 unspecified atom stereocenters. The van der Waals surface area contributed by atoms with Crippen LogP contribution >= 0.6 is 27.3 Å². The van der Waals surface area contributed by atoms with Gasteiger partial charge in [0.15, 0.2) is 6.10 Å². The lowest BCUT2D eigenvalue weighted by atomic mass is 10.1. The molecule has 0 saturated carbocycles. The number of hydrogen-bond acceptors (Lipinski definition) is 5. The van der Waals surface area contributed by atoms with Gasteiger partial charge in [-0.25, -0.2) is 4.98 Å². The summed E-state index contributed by atoms with van der Waals surface area (Å²) in [5.41, 5.74) is 2.93. The molecule has 0 bridgehead atoms. The molecule has 0 saturated heterocycles. The van der Waals surface area contributed by atoms with Gasteiger partial charge in [-0.2, -0.15) is 0 Å². The number of fused-ring (bicyclic) bond motifs is 1. The summed E-state index contributed by atoms with van der Waals surface area (Å²) < 4.78 is 6.71. The molecule has 3 aromatic rings. The fraction of sp³-hybridized carbons (Fsp3) is 0.227. The molecule has 154 valence electrons. The minimum absolute atomic E-state index is 0.257. The van der Waals surface area contributed by atoms with Crippen molar-refractivity contribution in [1.29, 1.82) is 0 Å². The number of nitrogens with zero attached hydrogens (tertiary/aromatic N) is 2. The summed E-state index contributed by atoms with van der Waals surface area (Å²) >= 11 is 4.94. The van der Waals surface area contributed by atoms with Gasteiger partial charge in [-0.05, 0) is 63.2 Å². The second-order valence-electron chi connectivity index (χ2n) is 7.07. The predicted molar refractivity (Wildman–Crippen MR) is 122 cm³/mol. The molecular formula is C22H20BrN3O3S. The molecule has 2 heterocycles. The number of amides is 2. The summed E-state index contributed by atoms with van der Waals surface area (Å²) in [6, 6.07) is 12.2. The van der Waals surface area contributed by atoms with Gasteiger partial charge < -0.3 is 10.1 Å². The molecule has 1 aliphatic rings. The lowest BCUT2D eigenvalue weighted by Crippen LogP contribution is -2.52. The Morgan fingerprint density at radius 3 is 2.67 bits per heavy atom. The number of carbonyl (C=O) groups excluding carboxylic acids is 2. The first-order chi connectivity index (χ1) is 14.3. The van der Waals surface area contributed by atoms with Crippen molar-refractivity contribution in [2.24, 2.45) is 0 Å². The van der Waals surface area contributed by atoms with Crippen molar-refractivity contribution < 1.29 is 14.3 Å². The quantitative estimate of drug-likeness (QED) is 0.562. The monoisotopic (exact) mass is 485 g/mol. The zero-order chi connectivity index (χ0) is 21.4. The van der Waals surface area contributed by atoms with Crippen molar-refractivity contribution in [1.82, 2.24) is 4.98 Å². The van der Waals surface area contributed by atoms with Crippen LogP contribution in [-0.4, -0.2) is 28.9 Å². The summed E-state index contributed by atoms with van der Waals surface area (Å²) in [4.78, 5) is 32.0. The first-order valence-corrected chi connectivity index (χ1v) is 11.1. The van der Waals surface area contributed by atoms with Gasteiger partial charge in [0.25, 0.3) is 5.91 Å². The molecule has 2 aromatic carbocycles. The number of aryl methyl sites for hydroxylation is 1. The smallest absolute Gasteiger partial charge is 0.268 e. The highest BCUT2D eigenvalue weighted by molar-refractivity contribution is 9.10. The van der Waals surface area contributed by atoms with Crippen LogP contribution in [0.25, 0.3) is 11.3 Å². The Hall–Kier alpha value is -2.71. The summed E-state index contributed by atoms with van der Waals surface area (Å²) in [7, 11) is 0. The third-order valence-corrected chi connectivity index (χ3v) is 6.20. The van der Waals surface area contributed by atoms with E-state index in [4.69, 9.17) is 4.74 Å². The van der Waals surface area contributed by atoms with Crippen molar-refractivity contribution in [3.63, 3.8) is 0 Å². The van der Waals surface area contributed by atoms with Crippen LogP contribution in [0.3, 0.4) is 0 Å². The van der Waals surface area contributed by atoms with Gasteiger partial charge >= 0.3 is 0 Å². The molecule has 2 amide bonds. The summed E-state index contributed by atoms with van der Waals surface area (Å²) in [5.74, 6) is 0.0364. The molecule has 4 rings (SSSR count). The van der Waals surface area contributed by atoms with E-state index in [9.17, 15) is 9.59 Å². The van der Waals surface area contributed by atoms with Crippen LogP contribution in [0.15, 0.2) is 52.3 Å². The minimum Gasteiger partial charge on any atom is -0.479 e. The third-order valence-electron chi connectivity index (χ3n) is 4.90. The van der Waals surface area contributed by atoms with Gasteiger partial charge in [0, 0.05) is 21.1 Å². The third kappa shape index (κ3) is 3.97. The van der Waals surface area contributed by atoms with Crippen LogP contribution in [0.2, 0.25) is 0 Å². The molecule has 8 heteroatoms. The largest absolute Gasteiger partial charge is 0.479 e. The average Bonchev–Trinajstić information content (AvgIpc) is 3.16. The Morgan fingerprint density at radius 2 is 2.00 bits per heavy atom. The highest BCUT2D eigenvalue weighted by Crippen LogP contribution is 2.39. The molecule has 1 N–H and O–H groups in total. The molecule has 30 heavy (non-hydrogen) atoms. The first-order valence-electron chi connectivity index (χ1n) is 9.46. The van der Waals surface area contributed by atoms with E-state index in [-0.39, 0.29) is 11.8 Å². The molecule has 0 fully saturated rings. The van der Waals surface area contributed by atoms with E-state index in [1.54, 1.807) is 37.3 Å². The van der Waals surface area contributed by atoms with Crippen molar-refractivity contribution in [2.45, 2.75) is 32.9 Å². The van der Waals surface area contributed by atoms with Crippen molar-refractivity contribution in [3.8, 4) is 17.0 Å². The highest BCUT2D eigenvalue weighted by Gasteiger charge is 2.37. The van der Waals surface area contributed by atoms with Crippen LogP contribution in [0, 0.1) is 6.92 Å². The maximum absolute atomic E-state index is 13.0. The van der Waals surface area contributed by atoms with Crippen molar-refractivity contribution in [3.05, 3.63) is 57.3 Å². The van der Waals surface area contributed by atoms with Crippen LogP contribution in [0.4, 0.5) is 11.4 Å². The van der Waals surface area contributed by atoms with Gasteiger partial charge in [0.2, 0.25) is 5.91 Å². The van der Waals surface area contributed by atoms with Crippen LogP contribution in [0.1, 0.15) is 18.9 Å². The Balaban J connectivity index is 1.67. The standard InChI is InChI=1S/C22H20BrN3O3S/c1-12(21(27)25-17-7-5-16(23)6-8-17)26-19-10-15(18-11-30-14(3)24-18)4-9-20(19)29-13(2)22(26)28/h4-13H,1-3H3,(H,25,27). The Labute approximate surface area is 187 Å². The molecule has 2 atom stereocenters. The van der Waals surface area contributed by atoms with Crippen LogP contribution in [-0.2, 0) is 9.59 Å². The number of carbonyl (C=O) groups is 2. The van der Waals surface area contributed by atoms with Gasteiger partial charge in [-0.15, -0.1) is 11.3 Å². The van der Waals surface area contributed by atoms with Crippen molar-refractivity contribution >= 4 is 50.5 Å². The maximum Gasteiger partial charge on any atom is 0.268 e. The topological polar surface area (TPSA) is 71.5 Å². The summed E-state index contributed by atoms with van der Waals surface area (Å²) in [6.07, 6.45) is -0.673. The average molecular weight is 486 g/mol. The van der Waals surface area contributed by atoms with Gasteiger partial charge in [0.05, 0.1) is 16.4 Å². The molecule has 0 aliphatic carbocycles. The van der Waals surface area contributed by atoms with Gasteiger partial charge in [-0.1, -0.05) is 15.9 Å². The fourth-order valence-electron chi connectivity index (χ4n) is 3.31. The maximum atomic E-state index is 13.0.